The molecule has 0 unspecified atom stereocenters. The maximum atomic E-state index is 3.86. The second-order valence-corrected chi connectivity index (χ2v) is 6.30. The highest BCUT2D eigenvalue weighted by Gasteiger charge is 2.27. The Morgan fingerprint density at radius 2 is 1.83 bits per heavy atom. The van der Waals surface area contributed by atoms with Gasteiger partial charge in [0.2, 0.25) is 0 Å². The van der Waals surface area contributed by atoms with Crippen LogP contribution in [-0.2, 0) is 6.42 Å². The van der Waals surface area contributed by atoms with Crippen LogP contribution in [0.2, 0.25) is 0 Å². The van der Waals surface area contributed by atoms with Gasteiger partial charge < -0.3 is 5.32 Å². The summed E-state index contributed by atoms with van der Waals surface area (Å²) in [6.07, 6.45) is 6.93. The van der Waals surface area contributed by atoms with E-state index in [0.717, 1.165) is 19.3 Å². The molecule has 0 spiro atoms. The molecule has 1 aliphatic rings. The van der Waals surface area contributed by atoms with Crippen molar-refractivity contribution in [2.24, 2.45) is 0 Å². The fourth-order valence-electron chi connectivity index (χ4n) is 2.57. The molecular formula is C15H17Br2N. The summed E-state index contributed by atoms with van der Waals surface area (Å²) < 4.78 is 2.38. The van der Waals surface area contributed by atoms with Gasteiger partial charge in [-0.3, -0.25) is 0 Å². The Morgan fingerprint density at radius 1 is 1.17 bits per heavy atom. The largest absolute Gasteiger partial charge is 0.306 e. The summed E-state index contributed by atoms with van der Waals surface area (Å²) in [7, 11) is 0. The topological polar surface area (TPSA) is 12.0 Å². The van der Waals surface area contributed by atoms with E-state index in [2.05, 4.69) is 62.5 Å². The first-order valence-corrected chi connectivity index (χ1v) is 7.70. The first kappa shape index (κ1) is 14.0. The van der Waals surface area contributed by atoms with Crippen LogP contribution < -0.4 is 5.32 Å². The summed E-state index contributed by atoms with van der Waals surface area (Å²) in [5, 5.41) is 3.69. The average molecular weight is 371 g/mol. The average Bonchev–Trinajstić information content (AvgIpc) is 2.34. The lowest BCUT2D eigenvalue weighted by atomic mass is 9.87. The van der Waals surface area contributed by atoms with Gasteiger partial charge >= 0.3 is 0 Å². The van der Waals surface area contributed by atoms with E-state index in [9.17, 15) is 0 Å². The summed E-state index contributed by atoms with van der Waals surface area (Å²) in [6.45, 7) is 7.70. The van der Waals surface area contributed by atoms with E-state index in [4.69, 9.17) is 0 Å². The Balaban J connectivity index is 2.43. The van der Waals surface area contributed by atoms with Crippen LogP contribution in [0.5, 0.6) is 0 Å². The smallest absolute Gasteiger partial charge is 0.0371 e. The normalized spacial score (nSPS) is 22.3. The lowest BCUT2D eigenvalue weighted by Gasteiger charge is -2.34. The molecule has 0 aliphatic carbocycles. The molecule has 96 valence electrons. The third-order valence-electron chi connectivity index (χ3n) is 3.34. The molecule has 1 heterocycles. The van der Waals surface area contributed by atoms with Gasteiger partial charge in [-0.25, -0.2) is 0 Å². The van der Waals surface area contributed by atoms with Crippen LogP contribution in [0.25, 0.3) is 0 Å². The fourth-order valence-corrected chi connectivity index (χ4v) is 3.73. The Labute approximate surface area is 126 Å². The fraction of sp³-hybridized carbons (Fsp3) is 0.333. The molecule has 0 amide bonds. The van der Waals surface area contributed by atoms with Gasteiger partial charge in [-0.05, 0) is 42.5 Å². The second kappa shape index (κ2) is 6.18. The third-order valence-corrected chi connectivity index (χ3v) is 4.77. The first-order chi connectivity index (χ1) is 8.67. The highest BCUT2D eigenvalue weighted by molar-refractivity contribution is 9.11. The molecule has 3 heteroatoms. The SMILES string of the molecule is C=CC[C@H]1Cc2c(Br)ccc(Br)c2[C@H](CC=C)N1. The minimum absolute atomic E-state index is 0.336. The van der Waals surface area contributed by atoms with E-state index in [0.29, 0.717) is 12.1 Å². The van der Waals surface area contributed by atoms with E-state index in [-0.39, 0.29) is 0 Å². The molecule has 1 N–H and O–H groups in total. The predicted octanol–water partition coefficient (Wildman–Crippen LogP) is 4.92. The quantitative estimate of drug-likeness (QED) is 0.741. The van der Waals surface area contributed by atoms with E-state index in [1.54, 1.807) is 0 Å². The molecule has 18 heavy (non-hydrogen) atoms. The van der Waals surface area contributed by atoms with Crippen molar-refractivity contribution < 1.29 is 0 Å². The second-order valence-electron chi connectivity index (χ2n) is 4.59. The summed E-state index contributed by atoms with van der Waals surface area (Å²) in [4.78, 5) is 0. The maximum Gasteiger partial charge on any atom is 0.0371 e. The number of hydrogen-bond donors (Lipinski definition) is 1. The Morgan fingerprint density at radius 3 is 2.50 bits per heavy atom. The lowest BCUT2D eigenvalue weighted by Crippen LogP contribution is -2.39. The molecular weight excluding hydrogens is 354 g/mol. The minimum Gasteiger partial charge on any atom is -0.306 e. The molecule has 2 atom stereocenters. The van der Waals surface area contributed by atoms with Gasteiger partial charge in [0.1, 0.15) is 0 Å². The van der Waals surface area contributed by atoms with Gasteiger partial charge in [-0.15, -0.1) is 13.2 Å². The molecule has 2 rings (SSSR count). The van der Waals surface area contributed by atoms with Gasteiger partial charge in [0.05, 0.1) is 0 Å². The van der Waals surface area contributed by atoms with Crippen molar-refractivity contribution in [1.29, 1.82) is 0 Å². The molecule has 0 fully saturated rings. The van der Waals surface area contributed by atoms with Crippen molar-refractivity contribution in [2.45, 2.75) is 31.3 Å². The maximum absolute atomic E-state index is 3.86. The Bertz CT molecular complexity index is 468. The van der Waals surface area contributed by atoms with Crippen LogP contribution in [-0.4, -0.2) is 6.04 Å². The summed E-state index contributed by atoms with van der Waals surface area (Å²) >= 11 is 7.34. The number of benzene rings is 1. The van der Waals surface area contributed by atoms with Crippen LogP contribution >= 0.6 is 31.9 Å². The van der Waals surface area contributed by atoms with E-state index in [1.807, 2.05) is 12.2 Å². The summed E-state index contributed by atoms with van der Waals surface area (Å²) in [6, 6.07) is 5.02. The van der Waals surface area contributed by atoms with E-state index < -0.39 is 0 Å². The van der Waals surface area contributed by atoms with Crippen LogP contribution in [0.15, 0.2) is 46.4 Å². The molecule has 0 radical (unpaired) electrons. The molecule has 1 aromatic rings. The van der Waals surface area contributed by atoms with Crippen molar-refractivity contribution in [3.05, 3.63) is 57.5 Å². The molecule has 0 saturated heterocycles. The first-order valence-electron chi connectivity index (χ1n) is 6.12. The zero-order valence-electron chi connectivity index (χ0n) is 10.3. The molecule has 1 aliphatic heterocycles. The van der Waals surface area contributed by atoms with Crippen molar-refractivity contribution >= 4 is 31.9 Å². The van der Waals surface area contributed by atoms with Crippen molar-refractivity contribution in [2.75, 3.05) is 0 Å². The van der Waals surface area contributed by atoms with Gasteiger partial charge in [0.15, 0.2) is 0 Å². The van der Waals surface area contributed by atoms with Gasteiger partial charge in [-0.2, -0.15) is 0 Å². The summed E-state index contributed by atoms with van der Waals surface area (Å²) in [5.41, 5.74) is 2.77. The molecule has 0 aromatic heterocycles. The Kier molecular flexibility index (Phi) is 4.82. The zero-order valence-corrected chi connectivity index (χ0v) is 13.4. The van der Waals surface area contributed by atoms with Gasteiger partial charge in [0, 0.05) is 21.0 Å². The van der Waals surface area contributed by atoms with Crippen LogP contribution in [0.1, 0.15) is 30.0 Å². The highest BCUT2D eigenvalue weighted by atomic mass is 79.9. The predicted molar refractivity (Wildman–Crippen MR) is 84.8 cm³/mol. The lowest BCUT2D eigenvalue weighted by molar-refractivity contribution is 0.403. The molecule has 0 saturated carbocycles. The van der Waals surface area contributed by atoms with E-state index in [1.165, 1.54) is 20.1 Å². The zero-order chi connectivity index (χ0) is 13.1. The van der Waals surface area contributed by atoms with Gasteiger partial charge in [0.25, 0.3) is 0 Å². The number of nitrogens with one attached hydrogen (secondary N) is 1. The van der Waals surface area contributed by atoms with Crippen LogP contribution in [0.4, 0.5) is 0 Å². The standard InChI is InChI=1S/C15H17Br2N/c1-3-5-10-9-11-12(16)7-8-13(17)15(11)14(18-10)6-4-2/h3-4,7-8,10,14,18H,1-2,5-6,9H2/t10-,14-/m0/s1. The van der Waals surface area contributed by atoms with Crippen LogP contribution in [0, 0.1) is 0 Å². The molecule has 1 nitrogen and oxygen atoms in total. The number of hydrogen-bond acceptors (Lipinski definition) is 1. The number of fused-ring (bicyclic) bond motifs is 1. The third kappa shape index (κ3) is 2.79. The monoisotopic (exact) mass is 369 g/mol. The van der Waals surface area contributed by atoms with Crippen molar-refractivity contribution in [1.82, 2.24) is 5.32 Å². The molecule has 0 bridgehead atoms. The molecule has 1 aromatic carbocycles. The van der Waals surface area contributed by atoms with Crippen LogP contribution in [0.3, 0.4) is 0 Å². The van der Waals surface area contributed by atoms with E-state index >= 15 is 0 Å². The van der Waals surface area contributed by atoms with Crippen molar-refractivity contribution in [3.63, 3.8) is 0 Å². The summed E-state index contributed by atoms with van der Waals surface area (Å²) in [5.74, 6) is 0. The minimum atomic E-state index is 0.336. The van der Waals surface area contributed by atoms with Gasteiger partial charge in [-0.1, -0.05) is 44.0 Å². The van der Waals surface area contributed by atoms with Crippen molar-refractivity contribution in [3.8, 4) is 0 Å². The number of rotatable bonds is 4. The Hall–Kier alpha value is -0.380. The number of halogens is 2. The highest BCUT2D eigenvalue weighted by Crippen LogP contribution is 2.38.